The molecule has 0 atom stereocenters. The average molecular weight is 313 g/mol. The Hall–Kier alpha value is -1.47. The zero-order valence-corrected chi connectivity index (χ0v) is 13.7. The molecule has 0 aliphatic carbocycles. The van der Waals surface area contributed by atoms with Crippen LogP contribution in [0.2, 0.25) is 0 Å². The molecule has 1 aromatic rings. The van der Waals surface area contributed by atoms with Crippen LogP contribution in [0, 0.1) is 0 Å². The maximum absolute atomic E-state index is 12.0. The number of likely N-dealkylation sites (N-methyl/N-ethyl adjacent to an activating group) is 1. The van der Waals surface area contributed by atoms with Gasteiger partial charge in [-0.1, -0.05) is 0 Å². The van der Waals surface area contributed by atoms with E-state index in [4.69, 9.17) is 15.2 Å². The predicted octanol–water partition coefficient (Wildman–Crippen LogP) is 1.66. The molecular formula is C14H23N3O3S. The molecule has 1 fully saturated rings. The fraction of sp³-hybridized carbons (Fsp3) is 0.643. The fourth-order valence-corrected chi connectivity index (χ4v) is 3.56. The molecule has 1 aliphatic rings. The van der Waals surface area contributed by atoms with Crippen LogP contribution in [-0.4, -0.2) is 57.8 Å². The number of carbonyl (C=O) groups is 1. The molecule has 21 heavy (non-hydrogen) atoms. The number of nitrogens with two attached hydrogens (primary N) is 1. The second-order valence-electron chi connectivity index (χ2n) is 5.05. The summed E-state index contributed by atoms with van der Waals surface area (Å²) in [6.07, 6.45) is 1.08. The Kier molecular flexibility index (Phi) is 5.30. The smallest absolute Gasteiger partial charge is 0.350 e. The van der Waals surface area contributed by atoms with Gasteiger partial charge in [0.1, 0.15) is 15.6 Å². The first kappa shape index (κ1) is 15.9. The van der Waals surface area contributed by atoms with E-state index < -0.39 is 0 Å². The summed E-state index contributed by atoms with van der Waals surface area (Å²) in [7, 11) is 3.70. The van der Waals surface area contributed by atoms with E-state index in [0.717, 1.165) is 37.6 Å². The number of hydrogen-bond acceptors (Lipinski definition) is 7. The monoisotopic (exact) mass is 313 g/mol. The van der Waals surface area contributed by atoms with Gasteiger partial charge < -0.3 is 25.0 Å². The van der Waals surface area contributed by atoms with Crippen molar-refractivity contribution in [2.75, 3.05) is 57.6 Å². The molecular weight excluding hydrogens is 290 g/mol. The van der Waals surface area contributed by atoms with Crippen molar-refractivity contribution in [3.8, 4) is 5.75 Å². The summed E-state index contributed by atoms with van der Waals surface area (Å²) in [4.78, 5) is 17.0. The van der Waals surface area contributed by atoms with Crippen molar-refractivity contribution >= 4 is 28.0 Å². The number of hydrogen-bond donors (Lipinski definition) is 1. The molecule has 118 valence electrons. The van der Waals surface area contributed by atoms with Crippen LogP contribution in [0.5, 0.6) is 5.75 Å². The van der Waals surface area contributed by atoms with Crippen molar-refractivity contribution < 1.29 is 14.3 Å². The Bertz CT molecular complexity index is 504. The summed E-state index contributed by atoms with van der Waals surface area (Å²) in [6, 6.07) is 0. The normalized spacial score (nSPS) is 16.6. The first-order valence-electron chi connectivity index (χ1n) is 7.15. The number of carbonyl (C=O) groups excluding carboxylic acids is 1. The summed E-state index contributed by atoms with van der Waals surface area (Å²) in [5, 5.41) is 0.924. The van der Waals surface area contributed by atoms with Gasteiger partial charge in [0.05, 0.1) is 13.7 Å². The topological polar surface area (TPSA) is 68.0 Å². The number of rotatable bonds is 4. The number of ether oxygens (including phenoxy) is 2. The molecule has 0 unspecified atom stereocenters. The molecule has 2 N–H and O–H groups in total. The van der Waals surface area contributed by atoms with E-state index in [1.165, 1.54) is 11.3 Å². The molecule has 7 heteroatoms. The van der Waals surface area contributed by atoms with Crippen molar-refractivity contribution in [2.24, 2.45) is 0 Å². The second-order valence-corrected chi connectivity index (χ2v) is 6.05. The van der Waals surface area contributed by atoms with Crippen LogP contribution in [0.3, 0.4) is 0 Å². The standard InChI is InChI=1S/C14H23N3O3S/c1-4-20-14(18)12-10(15)11(19-3)13(21-12)17-7-5-6-16(2)8-9-17/h4-9,15H2,1-3H3. The van der Waals surface area contributed by atoms with Gasteiger partial charge in [-0.05, 0) is 26.9 Å². The van der Waals surface area contributed by atoms with Crippen molar-refractivity contribution in [1.82, 2.24) is 4.90 Å². The van der Waals surface area contributed by atoms with Crippen LogP contribution in [-0.2, 0) is 4.74 Å². The van der Waals surface area contributed by atoms with E-state index in [1.54, 1.807) is 14.0 Å². The molecule has 6 nitrogen and oxygen atoms in total. The molecule has 2 heterocycles. The minimum Gasteiger partial charge on any atom is -0.492 e. The van der Waals surface area contributed by atoms with Gasteiger partial charge in [0, 0.05) is 19.6 Å². The summed E-state index contributed by atoms with van der Waals surface area (Å²) < 4.78 is 10.5. The number of thiophene rings is 1. The van der Waals surface area contributed by atoms with Crippen molar-refractivity contribution in [3.05, 3.63) is 4.88 Å². The SMILES string of the molecule is CCOC(=O)c1sc(N2CCCN(C)CC2)c(OC)c1N. The van der Waals surface area contributed by atoms with E-state index in [-0.39, 0.29) is 5.97 Å². The number of esters is 1. The van der Waals surface area contributed by atoms with Gasteiger partial charge in [0.15, 0.2) is 5.75 Å². The van der Waals surface area contributed by atoms with Gasteiger partial charge in [0.2, 0.25) is 0 Å². The molecule has 0 amide bonds. The van der Waals surface area contributed by atoms with Crippen LogP contribution < -0.4 is 15.4 Å². The van der Waals surface area contributed by atoms with E-state index in [1.807, 2.05) is 0 Å². The highest BCUT2D eigenvalue weighted by molar-refractivity contribution is 7.19. The number of methoxy groups -OCH3 is 1. The summed E-state index contributed by atoms with van der Waals surface area (Å²) in [6.45, 7) is 6.00. The van der Waals surface area contributed by atoms with Crippen molar-refractivity contribution in [3.63, 3.8) is 0 Å². The molecule has 1 saturated heterocycles. The highest BCUT2D eigenvalue weighted by Crippen LogP contribution is 2.45. The lowest BCUT2D eigenvalue weighted by Gasteiger charge is -2.21. The third-order valence-electron chi connectivity index (χ3n) is 3.55. The van der Waals surface area contributed by atoms with Gasteiger partial charge in [-0.3, -0.25) is 0 Å². The van der Waals surface area contributed by atoms with E-state index in [0.29, 0.717) is 22.9 Å². The third-order valence-corrected chi connectivity index (χ3v) is 4.78. The second kappa shape index (κ2) is 7.00. The average Bonchev–Trinajstić information content (AvgIpc) is 2.63. The minimum absolute atomic E-state index is 0.336. The Morgan fingerprint density at radius 3 is 2.76 bits per heavy atom. The highest BCUT2D eigenvalue weighted by atomic mass is 32.1. The van der Waals surface area contributed by atoms with Gasteiger partial charge in [0.25, 0.3) is 0 Å². The Balaban J connectivity index is 2.30. The maximum Gasteiger partial charge on any atom is 0.350 e. The van der Waals surface area contributed by atoms with Crippen LogP contribution in [0.1, 0.15) is 23.0 Å². The van der Waals surface area contributed by atoms with Gasteiger partial charge in [-0.15, -0.1) is 11.3 Å². The van der Waals surface area contributed by atoms with Crippen LogP contribution >= 0.6 is 11.3 Å². The van der Waals surface area contributed by atoms with Crippen LogP contribution in [0.25, 0.3) is 0 Å². The quantitative estimate of drug-likeness (QED) is 0.853. The van der Waals surface area contributed by atoms with E-state index in [2.05, 4.69) is 16.8 Å². The van der Waals surface area contributed by atoms with Crippen molar-refractivity contribution in [1.29, 1.82) is 0 Å². The third kappa shape index (κ3) is 3.41. The lowest BCUT2D eigenvalue weighted by atomic mass is 10.3. The van der Waals surface area contributed by atoms with Crippen LogP contribution in [0.4, 0.5) is 10.7 Å². The van der Waals surface area contributed by atoms with E-state index >= 15 is 0 Å². The molecule has 1 aliphatic heterocycles. The molecule has 0 radical (unpaired) electrons. The zero-order valence-electron chi connectivity index (χ0n) is 12.8. The lowest BCUT2D eigenvalue weighted by Crippen LogP contribution is -2.28. The predicted molar refractivity (Wildman–Crippen MR) is 85.6 cm³/mol. The summed E-state index contributed by atoms with van der Waals surface area (Å²) in [5.41, 5.74) is 6.45. The molecule has 0 spiro atoms. The molecule has 2 rings (SSSR count). The van der Waals surface area contributed by atoms with Gasteiger partial charge in [-0.2, -0.15) is 0 Å². The minimum atomic E-state index is -0.378. The van der Waals surface area contributed by atoms with Gasteiger partial charge >= 0.3 is 5.97 Å². The van der Waals surface area contributed by atoms with Crippen molar-refractivity contribution in [2.45, 2.75) is 13.3 Å². The van der Waals surface area contributed by atoms with Gasteiger partial charge in [-0.25, -0.2) is 4.79 Å². The number of nitrogen functional groups attached to an aromatic ring is 1. The lowest BCUT2D eigenvalue weighted by molar-refractivity contribution is 0.0533. The number of nitrogens with zero attached hydrogens (tertiary/aromatic N) is 2. The summed E-state index contributed by atoms with van der Waals surface area (Å²) in [5.74, 6) is 0.212. The Morgan fingerprint density at radius 2 is 2.10 bits per heavy atom. The first-order valence-corrected chi connectivity index (χ1v) is 7.97. The molecule has 0 aromatic carbocycles. The van der Waals surface area contributed by atoms with Crippen LogP contribution in [0.15, 0.2) is 0 Å². The highest BCUT2D eigenvalue weighted by Gasteiger charge is 2.26. The summed E-state index contributed by atoms with van der Waals surface area (Å²) >= 11 is 1.36. The molecule has 0 saturated carbocycles. The number of anilines is 2. The fourth-order valence-electron chi connectivity index (χ4n) is 2.42. The molecule has 0 bridgehead atoms. The largest absolute Gasteiger partial charge is 0.492 e. The maximum atomic E-state index is 12.0. The molecule has 1 aromatic heterocycles. The Labute approximate surface area is 129 Å². The zero-order chi connectivity index (χ0) is 15.4. The van der Waals surface area contributed by atoms with E-state index in [9.17, 15) is 4.79 Å². The first-order chi connectivity index (χ1) is 10.1. The Morgan fingerprint density at radius 1 is 1.33 bits per heavy atom.